The summed E-state index contributed by atoms with van der Waals surface area (Å²) in [5, 5.41) is 15.9. The second-order valence-electron chi connectivity index (χ2n) is 3.60. The fourth-order valence-electron chi connectivity index (χ4n) is 1.69. The van der Waals surface area contributed by atoms with Crippen LogP contribution in [0.1, 0.15) is 10.7 Å². The van der Waals surface area contributed by atoms with E-state index >= 15 is 0 Å². The molecular weight excluding hydrogens is 268 g/mol. The SMILES string of the molecule is COc1ccc(-c2nnc(C(=O)O)o2)c(OC)c1OC. The van der Waals surface area contributed by atoms with Gasteiger partial charge in [-0.05, 0) is 12.1 Å². The average Bonchev–Trinajstić information content (AvgIpc) is 2.95. The second kappa shape index (κ2) is 5.47. The Kier molecular flexibility index (Phi) is 3.74. The first kappa shape index (κ1) is 13.7. The first-order chi connectivity index (χ1) is 9.62. The second-order valence-corrected chi connectivity index (χ2v) is 3.60. The molecule has 0 spiro atoms. The lowest BCUT2D eigenvalue weighted by molar-refractivity contribution is 0.0654. The minimum atomic E-state index is -1.30. The quantitative estimate of drug-likeness (QED) is 0.877. The summed E-state index contributed by atoms with van der Waals surface area (Å²) in [6.07, 6.45) is 0. The number of aromatic carboxylic acids is 1. The van der Waals surface area contributed by atoms with Gasteiger partial charge < -0.3 is 23.7 Å². The Morgan fingerprint density at radius 1 is 1.10 bits per heavy atom. The van der Waals surface area contributed by atoms with Crippen LogP contribution in [-0.2, 0) is 0 Å². The van der Waals surface area contributed by atoms with Gasteiger partial charge in [-0.1, -0.05) is 0 Å². The zero-order chi connectivity index (χ0) is 14.7. The predicted octanol–water partition coefficient (Wildman–Crippen LogP) is 1.46. The lowest BCUT2D eigenvalue weighted by Crippen LogP contribution is -1.97. The smallest absolute Gasteiger partial charge is 0.393 e. The Bertz CT molecular complexity index is 637. The van der Waals surface area contributed by atoms with Crippen LogP contribution in [0, 0.1) is 0 Å². The number of hydrogen-bond donors (Lipinski definition) is 1. The van der Waals surface area contributed by atoms with Crippen LogP contribution in [0.4, 0.5) is 0 Å². The fraction of sp³-hybridized carbons (Fsp3) is 0.250. The Morgan fingerprint density at radius 3 is 2.30 bits per heavy atom. The van der Waals surface area contributed by atoms with Gasteiger partial charge in [0, 0.05) is 0 Å². The van der Waals surface area contributed by atoms with E-state index < -0.39 is 11.9 Å². The first-order valence-corrected chi connectivity index (χ1v) is 5.48. The van der Waals surface area contributed by atoms with Gasteiger partial charge in [0.05, 0.1) is 26.9 Å². The zero-order valence-electron chi connectivity index (χ0n) is 11.0. The molecule has 0 atom stereocenters. The van der Waals surface area contributed by atoms with E-state index in [1.807, 2.05) is 0 Å². The molecular formula is C12H12N2O6. The average molecular weight is 280 g/mol. The Morgan fingerprint density at radius 2 is 1.80 bits per heavy atom. The number of aromatic nitrogens is 2. The molecule has 0 fully saturated rings. The van der Waals surface area contributed by atoms with Crippen molar-refractivity contribution in [3.05, 3.63) is 18.0 Å². The van der Waals surface area contributed by atoms with E-state index in [4.69, 9.17) is 23.7 Å². The topological polar surface area (TPSA) is 104 Å². The molecule has 2 rings (SSSR count). The summed E-state index contributed by atoms with van der Waals surface area (Å²) in [4.78, 5) is 10.8. The van der Waals surface area contributed by atoms with E-state index in [0.29, 0.717) is 22.8 Å². The van der Waals surface area contributed by atoms with Gasteiger partial charge in [0.25, 0.3) is 5.89 Å². The molecule has 2 aromatic rings. The van der Waals surface area contributed by atoms with E-state index in [1.54, 1.807) is 12.1 Å². The van der Waals surface area contributed by atoms with Crippen LogP contribution < -0.4 is 14.2 Å². The van der Waals surface area contributed by atoms with Gasteiger partial charge in [-0.15, -0.1) is 10.2 Å². The molecule has 0 aliphatic heterocycles. The summed E-state index contributed by atoms with van der Waals surface area (Å²) in [6.45, 7) is 0. The monoisotopic (exact) mass is 280 g/mol. The number of rotatable bonds is 5. The Balaban J connectivity index is 2.58. The molecule has 8 heteroatoms. The number of methoxy groups -OCH3 is 3. The summed E-state index contributed by atoms with van der Waals surface area (Å²) in [5.74, 6) is -0.665. The molecule has 0 amide bonds. The van der Waals surface area contributed by atoms with Gasteiger partial charge in [0.1, 0.15) is 0 Å². The molecule has 0 bridgehead atoms. The molecule has 20 heavy (non-hydrogen) atoms. The highest BCUT2D eigenvalue weighted by Crippen LogP contribution is 2.43. The number of hydrogen-bond acceptors (Lipinski definition) is 7. The predicted molar refractivity (Wildman–Crippen MR) is 66.3 cm³/mol. The number of benzene rings is 1. The number of carboxylic acids is 1. The van der Waals surface area contributed by atoms with E-state index in [1.165, 1.54) is 21.3 Å². The molecule has 0 saturated heterocycles. The molecule has 0 aliphatic rings. The number of carboxylic acid groups (broad SMARTS) is 1. The van der Waals surface area contributed by atoms with E-state index in [9.17, 15) is 4.79 Å². The summed E-state index contributed by atoms with van der Waals surface area (Å²) in [6, 6.07) is 3.24. The van der Waals surface area contributed by atoms with Crippen molar-refractivity contribution in [1.29, 1.82) is 0 Å². The minimum absolute atomic E-state index is 0.0141. The van der Waals surface area contributed by atoms with Crippen LogP contribution in [0.2, 0.25) is 0 Å². The van der Waals surface area contributed by atoms with Crippen molar-refractivity contribution < 1.29 is 28.5 Å². The molecule has 1 aromatic carbocycles. The van der Waals surface area contributed by atoms with E-state index in [-0.39, 0.29) is 5.89 Å². The maximum Gasteiger partial charge on any atom is 0.393 e. The van der Waals surface area contributed by atoms with Gasteiger partial charge >= 0.3 is 11.9 Å². The normalized spacial score (nSPS) is 10.2. The lowest BCUT2D eigenvalue weighted by Gasteiger charge is -2.13. The van der Waals surface area contributed by atoms with Crippen LogP contribution in [0.25, 0.3) is 11.5 Å². The number of carbonyl (C=O) groups is 1. The molecule has 106 valence electrons. The van der Waals surface area contributed by atoms with Crippen LogP contribution in [-0.4, -0.2) is 42.6 Å². The van der Waals surface area contributed by atoms with Crippen LogP contribution >= 0.6 is 0 Å². The van der Waals surface area contributed by atoms with Crippen molar-refractivity contribution in [2.75, 3.05) is 21.3 Å². The van der Waals surface area contributed by atoms with Gasteiger partial charge in [-0.2, -0.15) is 0 Å². The molecule has 0 aliphatic carbocycles. The van der Waals surface area contributed by atoms with Crippen LogP contribution in [0.3, 0.4) is 0 Å². The van der Waals surface area contributed by atoms with Crippen molar-refractivity contribution in [2.24, 2.45) is 0 Å². The summed E-state index contributed by atoms with van der Waals surface area (Å²) in [5.41, 5.74) is 0.408. The molecule has 1 N–H and O–H groups in total. The molecule has 1 aromatic heterocycles. The number of nitrogens with zero attached hydrogens (tertiary/aromatic N) is 2. The molecule has 0 radical (unpaired) electrons. The molecule has 1 heterocycles. The third kappa shape index (κ3) is 2.22. The summed E-state index contributed by atoms with van der Waals surface area (Å²) < 4.78 is 20.7. The van der Waals surface area contributed by atoms with Crippen molar-refractivity contribution in [3.8, 4) is 28.7 Å². The maximum atomic E-state index is 10.8. The Hall–Kier alpha value is -2.77. The number of ether oxygens (including phenoxy) is 3. The maximum absolute atomic E-state index is 10.8. The largest absolute Gasteiger partial charge is 0.493 e. The van der Waals surface area contributed by atoms with Gasteiger partial charge in [-0.3, -0.25) is 0 Å². The van der Waals surface area contributed by atoms with E-state index in [0.717, 1.165) is 0 Å². The van der Waals surface area contributed by atoms with Crippen LogP contribution in [0.5, 0.6) is 17.2 Å². The highest BCUT2D eigenvalue weighted by atomic mass is 16.5. The molecule has 0 saturated carbocycles. The van der Waals surface area contributed by atoms with E-state index in [2.05, 4.69) is 10.2 Å². The van der Waals surface area contributed by atoms with Gasteiger partial charge in [0.2, 0.25) is 5.75 Å². The lowest BCUT2D eigenvalue weighted by atomic mass is 10.1. The Labute approximate surface area is 113 Å². The third-order valence-corrected chi connectivity index (χ3v) is 2.54. The van der Waals surface area contributed by atoms with Crippen molar-refractivity contribution >= 4 is 5.97 Å². The van der Waals surface area contributed by atoms with Crippen LogP contribution in [0.15, 0.2) is 16.5 Å². The van der Waals surface area contributed by atoms with Crippen molar-refractivity contribution in [2.45, 2.75) is 0 Å². The van der Waals surface area contributed by atoms with Gasteiger partial charge in [0.15, 0.2) is 11.5 Å². The van der Waals surface area contributed by atoms with Crippen molar-refractivity contribution in [1.82, 2.24) is 10.2 Å². The zero-order valence-corrected chi connectivity index (χ0v) is 11.0. The molecule has 0 unspecified atom stereocenters. The third-order valence-electron chi connectivity index (χ3n) is 2.54. The minimum Gasteiger partial charge on any atom is -0.493 e. The standard InChI is InChI=1S/C12H12N2O6/c1-17-7-5-4-6(8(18-2)9(7)19-3)10-13-14-11(20-10)12(15)16/h4-5H,1-3H3,(H,15,16). The fourth-order valence-corrected chi connectivity index (χ4v) is 1.69. The van der Waals surface area contributed by atoms with Gasteiger partial charge in [-0.25, -0.2) is 4.79 Å². The first-order valence-electron chi connectivity index (χ1n) is 5.48. The molecule has 8 nitrogen and oxygen atoms in total. The summed E-state index contributed by atoms with van der Waals surface area (Å²) >= 11 is 0. The van der Waals surface area contributed by atoms with Crippen molar-refractivity contribution in [3.63, 3.8) is 0 Å². The summed E-state index contributed by atoms with van der Waals surface area (Å²) in [7, 11) is 4.39. The highest BCUT2D eigenvalue weighted by Gasteiger charge is 2.22. The highest BCUT2D eigenvalue weighted by molar-refractivity contribution is 5.82.